The molecule has 2 atom stereocenters. The molecule has 102 valence electrons. The van der Waals surface area contributed by atoms with Crippen LogP contribution in [0.5, 0.6) is 0 Å². The number of rotatable bonds is 3. The fourth-order valence-corrected chi connectivity index (χ4v) is 3.41. The molecule has 1 heterocycles. The monoisotopic (exact) mass is 252 g/mol. The van der Waals surface area contributed by atoms with E-state index in [0.717, 1.165) is 13.0 Å². The fraction of sp³-hybridized carbons (Fsp3) is 0.800. The van der Waals surface area contributed by atoms with Gasteiger partial charge >= 0.3 is 5.97 Å². The summed E-state index contributed by atoms with van der Waals surface area (Å²) in [6, 6.07) is 0. The van der Waals surface area contributed by atoms with E-state index in [1.54, 1.807) is 0 Å². The quantitative estimate of drug-likeness (QED) is 0.571. The van der Waals surface area contributed by atoms with E-state index in [1.807, 2.05) is 6.92 Å². The molecule has 0 radical (unpaired) electrons. The summed E-state index contributed by atoms with van der Waals surface area (Å²) in [5.41, 5.74) is 3.21. The lowest BCUT2D eigenvalue weighted by Gasteiger charge is -2.35. The summed E-state index contributed by atoms with van der Waals surface area (Å²) in [6.45, 7) is 8.79. The zero-order valence-electron chi connectivity index (χ0n) is 11.9. The van der Waals surface area contributed by atoms with Gasteiger partial charge in [0.05, 0.1) is 12.7 Å². The van der Waals surface area contributed by atoms with Gasteiger partial charge in [-0.3, -0.25) is 4.79 Å². The summed E-state index contributed by atoms with van der Waals surface area (Å²) >= 11 is 0. The van der Waals surface area contributed by atoms with Crippen LogP contribution in [0.25, 0.3) is 0 Å². The van der Waals surface area contributed by atoms with Crippen molar-refractivity contribution in [2.24, 2.45) is 5.41 Å². The highest BCUT2D eigenvalue weighted by molar-refractivity contribution is 5.66. The van der Waals surface area contributed by atoms with Crippen LogP contribution >= 0.6 is 0 Å². The molecule has 0 fully saturated rings. The van der Waals surface area contributed by atoms with Crippen LogP contribution in [0, 0.1) is 5.41 Å². The molecule has 0 bridgehead atoms. The number of hydrogen-bond acceptors (Lipinski definition) is 3. The third-order valence-electron chi connectivity index (χ3n) is 4.08. The molecule has 3 nitrogen and oxygen atoms in total. The minimum absolute atomic E-state index is 0.0722. The molecule has 2 rings (SSSR count). The Hall–Kier alpha value is -0.830. The predicted molar refractivity (Wildman–Crippen MR) is 70.2 cm³/mol. The molecule has 0 N–H and O–H groups in total. The van der Waals surface area contributed by atoms with Crippen LogP contribution in [0.1, 0.15) is 53.4 Å². The van der Waals surface area contributed by atoms with Gasteiger partial charge in [0, 0.05) is 13.3 Å². The molecule has 0 aromatic heterocycles. The van der Waals surface area contributed by atoms with Crippen LogP contribution in [0.15, 0.2) is 11.1 Å². The highest BCUT2D eigenvalue weighted by Gasteiger charge is 2.39. The van der Waals surface area contributed by atoms with Crippen LogP contribution in [-0.2, 0) is 14.3 Å². The van der Waals surface area contributed by atoms with E-state index in [-0.39, 0.29) is 23.6 Å². The molecule has 1 aliphatic carbocycles. The van der Waals surface area contributed by atoms with E-state index in [4.69, 9.17) is 9.47 Å². The van der Waals surface area contributed by atoms with E-state index < -0.39 is 0 Å². The Labute approximate surface area is 110 Å². The lowest BCUT2D eigenvalue weighted by Crippen LogP contribution is -2.29. The highest BCUT2D eigenvalue weighted by atomic mass is 16.5. The van der Waals surface area contributed by atoms with Crippen LogP contribution in [0.2, 0.25) is 0 Å². The Kier molecular flexibility index (Phi) is 3.81. The lowest BCUT2D eigenvalue weighted by atomic mass is 9.71. The molecule has 1 aliphatic heterocycles. The SMILES string of the molecule is CC(=O)O[C@H](C)C[C@H]1OCC2=C1C(C)(C)CCC2. The maximum absolute atomic E-state index is 11.0. The zero-order valence-corrected chi connectivity index (χ0v) is 11.9. The van der Waals surface area contributed by atoms with Gasteiger partial charge in [0.1, 0.15) is 6.10 Å². The van der Waals surface area contributed by atoms with Crippen molar-refractivity contribution in [1.82, 2.24) is 0 Å². The summed E-state index contributed by atoms with van der Waals surface area (Å²) in [4.78, 5) is 11.0. The van der Waals surface area contributed by atoms with Gasteiger partial charge in [-0.2, -0.15) is 0 Å². The average Bonchev–Trinajstić information content (AvgIpc) is 2.60. The number of esters is 1. The van der Waals surface area contributed by atoms with Crippen molar-refractivity contribution in [2.75, 3.05) is 6.61 Å². The van der Waals surface area contributed by atoms with E-state index >= 15 is 0 Å². The second-order valence-electron chi connectivity index (χ2n) is 6.21. The molecule has 0 amide bonds. The summed E-state index contributed by atoms with van der Waals surface area (Å²) in [7, 11) is 0. The molecular weight excluding hydrogens is 228 g/mol. The number of hydrogen-bond donors (Lipinski definition) is 0. The van der Waals surface area contributed by atoms with Crippen molar-refractivity contribution < 1.29 is 14.3 Å². The van der Waals surface area contributed by atoms with Crippen molar-refractivity contribution in [3.05, 3.63) is 11.1 Å². The second kappa shape index (κ2) is 5.04. The molecule has 0 unspecified atom stereocenters. The Morgan fingerprint density at radius 3 is 2.94 bits per heavy atom. The highest BCUT2D eigenvalue weighted by Crippen LogP contribution is 2.46. The van der Waals surface area contributed by atoms with Crippen LogP contribution in [0.3, 0.4) is 0 Å². The normalized spacial score (nSPS) is 27.9. The molecular formula is C15H24O3. The summed E-state index contributed by atoms with van der Waals surface area (Å²) in [5, 5.41) is 0. The van der Waals surface area contributed by atoms with Crippen LogP contribution in [-0.4, -0.2) is 24.8 Å². The minimum Gasteiger partial charge on any atom is -0.463 e. The predicted octanol–water partition coefficient (Wildman–Crippen LogP) is 3.23. The first-order valence-corrected chi connectivity index (χ1v) is 6.91. The Morgan fingerprint density at radius 2 is 2.28 bits per heavy atom. The molecule has 0 saturated heterocycles. The van der Waals surface area contributed by atoms with Crippen LogP contribution < -0.4 is 0 Å². The summed E-state index contributed by atoms with van der Waals surface area (Å²) in [5.74, 6) is -0.211. The van der Waals surface area contributed by atoms with E-state index in [2.05, 4.69) is 13.8 Å². The second-order valence-corrected chi connectivity index (χ2v) is 6.21. The van der Waals surface area contributed by atoms with Crippen molar-refractivity contribution in [2.45, 2.75) is 65.6 Å². The Morgan fingerprint density at radius 1 is 1.56 bits per heavy atom. The topological polar surface area (TPSA) is 35.5 Å². The van der Waals surface area contributed by atoms with E-state index in [9.17, 15) is 4.79 Å². The van der Waals surface area contributed by atoms with Crippen molar-refractivity contribution in [3.63, 3.8) is 0 Å². The van der Waals surface area contributed by atoms with Gasteiger partial charge in [-0.1, -0.05) is 13.8 Å². The summed E-state index contributed by atoms with van der Waals surface area (Å²) in [6.07, 6.45) is 4.52. The standard InChI is InChI=1S/C15H24O3/c1-10(18-11(2)16)8-13-14-12(9-17-13)6-5-7-15(14,3)4/h10,13H,5-9H2,1-4H3/t10-,13-/m1/s1. The molecule has 0 saturated carbocycles. The minimum atomic E-state index is -0.211. The van der Waals surface area contributed by atoms with Gasteiger partial charge in [0.15, 0.2) is 0 Å². The zero-order chi connectivity index (χ0) is 13.3. The van der Waals surface area contributed by atoms with E-state index in [1.165, 1.54) is 37.3 Å². The molecule has 3 heteroatoms. The van der Waals surface area contributed by atoms with Gasteiger partial charge in [-0.25, -0.2) is 0 Å². The van der Waals surface area contributed by atoms with Gasteiger partial charge in [0.2, 0.25) is 0 Å². The average molecular weight is 252 g/mol. The number of carbonyl (C=O) groups is 1. The third kappa shape index (κ3) is 2.77. The van der Waals surface area contributed by atoms with Crippen molar-refractivity contribution in [3.8, 4) is 0 Å². The number of carbonyl (C=O) groups excluding carboxylic acids is 1. The smallest absolute Gasteiger partial charge is 0.302 e. The number of ether oxygens (including phenoxy) is 2. The Bertz CT molecular complexity index is 368. The largest absolute Gasteiger partial charge is 0.463 e. The van der Waals surface area contributed by atoms with E-state index in [0.29, 0.717) is 0 Å². The summed E-state index contributed by atoms with van der Waals surface area (Å²) < 4.78 is 11.1. The molecule has 2 aliphatic rings. The molecule has 18 heavy (non-hydrogen) atoms. The molecule has 0 aromatic carbocycles. The molecule has 0 spiro atoms. The van der Waals surface area contributed by atoms with Crippen molar-refractivity contribution in [1.29, 1.82) is 0 Å². The lowest BCUT2D eigenvalue weighted by molar-refractivity contribution is -0.146. The van der Waals surface area contributed by atoms with Crippen molar-refractivity contribution >= 4 is 5.97 Å². The van der Waals surface area contributed by atoms with Crippen LogP contribution in [0.4, 0.5) is 0 Å². The maximum atomic E-state index is 11.0. The first kappa shape index (κ1) is 13.6. The molecule has 0 aromatic rings. The first-order chi connectivity index (χ1) is 8.40. The fourth-order valence-electron chi connectivity index (χ4n) is 3.41. The first-order valence-electron chi connectivity index (χ1n) is 6.91. The van der Waals surface area contributed by atoms with Gasteiger partial charge in [0.25, 0.3) is 0 Å². The Balaban J connectivity index is 2.07. The van der Waals surface area contributed by atoms with Gasteiger partial charge in [-0.05, 0) is 42.7 Å². The van der Waals surface area contributed by atoms with Gasteiger partial charge < -0.3 is 9.47 Å². The van der Waals surface area contributed by atoms with Gasteiger partial charge in [-0.15, -0.1) is 0 Å². The third-order valence-corrected chi connectivity index (χ3v) is 4.08. The maximum Gasteiger partial charge on any atom is 0.302 e.